The predicted molar refractivity (Wildman–Crippen MR) is 49.1 cm³/mol. The van der Waals surface area contributed by atoms with Gasteiger partial charge in [0.05, 0.1) is 13.0 Å². The Labute approximate surface area is 86.8 Å². The molecule has 1 rings (SSSR count). The third kappa shape index (κ3) is 2.44. The Bertz CT molecular complexity index is 283. The summed E-state index contributed by atoms with van der Waals surface area (Å²) in [4.78, 5) is 23.4. The number of aliphatic carboxylic acids is 1. The molecule has 1 aliphatic rings. The number of carbonyl (C=O) groups is 2. The lowest BCUT2D eigenvalue weighted by atomic mass is 9.87. The number of likely N-dealkylation sites (tertiary alicyclic amines) is 1. The van der Waals surface area contributed by atoms with Crippen molar-refractivity contribution in [2.45, 2.75) is 12.1 Å². The summed E-state index contributed by atoms with van der Waals surface area (Å²) in [5.41, 5.74) is -2.20. The molecule has 86 valence electrons. The van der Waals surface area contributed by atoms with Gasteiger partial charge in [-0.3, -0.25) is 4.79 Å². The molecule has 1 heterocycles. The van der Waals surface area contributed by atoms with Gasteiger partial charge in [-0.05, 0) is 7.05 Å². The normalized spacial score (nSPS) is 32.3. The van der Waals surface area contributed by atoms with Crippen LogP contribution in [0.3, 0.4) is 0 Å². The number of piperidine rings is 1. The Hall–Kier alpha value is -1.17. The summed E-state index contributed by atoms with van der Waals surface area (Å²) in [7, 11) is 2.67. The highest BCUT2D eigenvalue weighted by atomic mass is 19.1. The molecule has 15 heavy (non-hydrogen) atoms. The molecule has 0 aromatic heterocycles. The van der Waals surface area contributed by atoms with E-state index in [1.807, 2.05) is 0 Å². The summed E-state index contributed by atoms with van der Waals surface area (Å²) in [6.45, 7) is 0.126. The number of hydrogen-bond acceptors (Lipinski definition) is 4. The molecule has 0 aliphatic carbocycles. The first-order chi connectivity index (χ1) is 6.89. The minimum Gasteiger partial charge on any atom is -0.481 e. The number of ether oxygens (including phenoxy) is 1. The molecule has 1 saturated heterocycles. The van der Waals surface area contributed by atoms with Crippen LogP contribution in [0.4, 0.5) is 4.39 Å². The van der Waals surface area contributed by atoms with Crippen LogP contribution < -0.4 is 0 Å². The molecule has 1 fully saturated rings. The predicted octanol–water partition coefficient (Wildman–Crippen LogP) is -0.0960. The van der Waals surface area contributed by atoms with Crippen LogP contribution in [0.2, 0.25) is 0 Å². The average molecular weight is 219 g/mol. The van der Waals surface area contributed by atoms with E-state index in [0.29, 0.717) is 0 Å². The topological polar surface area (TPSA) is 66.8 Å². The molecule has 1 N–H and O–H groups in total. The number of carbonyl (C=O) groups excluding carboxylic acids is 1. The van der Waals surface area contributed by atoms with Gasteiger partial charge in [-0.25, -0.2) is 9.18 Å². The average Bonchev–Trinajstić information content (AvgIpc) is 2.15. The Morgan fingerprint density at radius 2 is 2.20 bits per heavy atom. The number of carboxylic acids is 1. The maximum absolute atomic E-state index is 14.0. The van der Waals surface area contributed by atoms with Crippen molar-refractivity contribution in [2.24, 2.45) is 5.92 Å². The third-order valence-electron chi connectivity index (χ3n) is 2.52. The van der Waals surface area contributed by atoms with E-state index in [4.69, 9.17) is 5.11 Å². The highest BCUT2D eigenvalue weighted by Gasteiger charge is 2.48. The number of rotatable bonds is 2. The molecule has 0 spiro atoms. The van der Waals surface area contributed by atoms with Gasteiger partial charge in [-0.1, -0.05) is 0 Å². The molecule has 0 aromatic carbocycles. The summed E-state index contributed by atoms with van der Waals surface area (Å²) >= 11 is 0. The lowest BCUT2D eigenvalue weighted by Crippen LogP contribution is -2.54. The van der Waals surface area contributed by atoms with Crippen molar-refractivity contribution in [3.63, 3.8) is 0 Å². The van der Waals surface area contributed by atoms with Crippen molar-refractivity contribution in [2.75, 3.05) is 27.2 Å². The molecule has 0 unspecified atom stereocenters. The van der Waals surface area contributed by atoms with Crippen LogP contribution in [0.1, 0.15) is 6.42 Å². The van der Waals surface area contributed by atoms with E-state index < -0.39 is 23.5 Å². The van der Waals surface area contributed by atoms with Gasteiger partial charge in [0, 0.05) is 19.5 Å². The van der Waals surface area contributed by atoms with Crippen LogP contribution in [0, 0.1) is 5.92 Å². The molecule has 6 heteroatoms. The Balaban J connectivity index is 2.82. The second-order valence-electron chi connectivity index (χ2n) is 3.89. The first kappa shape index (κ1) is 11.9. The zero-order chi connectivity index (χ0) is 11.6. The number of halogens is 1. The summed E-state index contributed by atoms with van der Waals surface area (Å²) in [5, 5.41) is 8.80. The van der Waals surface area contributed by atoms with E-state index in [9.17, 15) is 14.0 Å². The van der Waals surface area contributed by atoms with Crippen LogP contribution in [0.5, 0.6) is 0 Å². The van der Waals surface area contributed by atoms with E-state index >= 15 is 0 Å². The molecule has 0 radical (unpaired) electrons. The number of alkyl halides is 1. The molecule has 0 bridgehead atoms. The lowest BCUT2D eigenvalue weighted by Gasteiger charge is -2.36. The van der Waals surface area contributed by atoms with E-state index in [1.54, 1.807) is 7.05 Å². The number of esters is 1. The van der Waals surface area contributed by atoms with Crippen molar-refractivity contribution in [1.82, 2.24) is 4.90 Å². The molecule has 1 aliphatic heterocycles. The van der Waals surface area contributed by atoms with Gasteiger partial charge in [-0.2, -0.15) is 0 Å². The third-order valence-corrected chi connectivity index (χ3v) is 2.52. The van der Waals surface area contributed by atoms with Gasteiger partial charge in [-0.15, -0.1) is 0 Å². The summed E-state index contributed by atoms with van der Waals surface area (Å²) < 4.78 is 18.4. The number of nitrogens with zero attached hydrogens (tertiary/aromatic N) is 1. The van der Waals surface area contributed by atoms with Crippen molar-refractivity contribution < 1.29 is 23.8 Å². The smallest absolute Gasteiger partial charge is 0.345 e. The van der Waals surface area contributed by atoms with Crippen molar-refractivity contribution >= 4 is 11.9 Å². The fraction of sp³-hybridized carbons (Fsp3) is 0.778. The van der Waals surface area contributed by atoms with Gasteiger partial charge in [0.25, 0.3) is 0 Å². The maximum Gasteiger partial charge on any atom is 0.345 e. The Morgan fingerprint density at radius 3 is 2.67 bits per heavy atom. The minimum atomic E-state index is -2.20. The molecule has 0 amide bonds. The maximum atomic E-state index is 14.0. The molecular weight excluding hydrogens is 205 g/mol. The largest absolute Gasteiger partial charge is 0.481 e. The molecular formula is C9H14FNO4. The molecule has 0 aromatic rings. The minimum absolute atomic E-state index is 0.122. The van der Waals surface area contributed by atoms with E-state index in [1.165, 1.54) is 4.90 Å². The van der Waals surface area contributed by atoms with Crippen LogP contribution in [0.15, 0.2) is 0 Å². The van der Waals surface area contributed by atoms with Crippen molar-refractivity contribution in [3.05, 3.63) is 0 Å². The highest BCUT2D eigenvalue weighted by molar-refractivity contribution is 5.81. The molecule has 5 nitrogen and oxygen atoms in total. The van der Waals surface area contributed by atoms with Crippen LogP contribution in [-0.2, 0) is 14.3 Å². The zero-order valence-electron chi connectivity index (χ0n) is 8.70. The first-order valence-electron chi connectivity index (χ1n) is 4.58. The van der Waals surface area contributed by atoms with E-state index in [2.05, 4.69) is 4.74 Å². The fourth-order valence-corrected chi connectivity index (χ4v) is 1.88. The van der Waals surface area contributed by atoms with Crippen LogP contribution >= 0.6 is 0 Å². The molecule has 2 atom stereocenters. The van der Waals surface area contributed by atoms with Gasteiger partial charge in [0.2, 0.25) is 5.67 Å². The quantitative estimate of drug-likeness (QED) is 0.657. The standard InChI is InChI=1S/C9H14FNO4/c1-11-4-6(7(12)13)3-9(10,5-11)8(14)15-2/h6H,3-5H2,1-2H3,(H,12,13)/t6-,9+/m1/s1. The Morgan fingerprint density at radius 1 is 1.60 bits per heavy atom. The highest BCUT2D eigenvalue weighted by Crippen LogP contribution is 2.29. The zero-order valence-corrected chi connectivity index (χ0v) is 8.70. The fourth-order valence-electron chi connectivity index (χ4n) is 1.88. The first-order valence-corrected chi connectivity index (χ1v) is 4.58. The number of methoxy groups -OCH3 is 1. The van der Waals surface area contributed by atoms with Crippen LogP contribution in [0.25, 0.3) is 0 Å². The summed E-state index contributed by atoms with van der Waals surface area (Å²) in [6, 6.07) is 0. The Kier molecular flexibility index (Phi) is 3.28. The number of hydrogen-bond donors (Lipinski definition) is 1. The van der Waals surface area contributed by atoms with Gasteiger partial charge in [0.1, 0.15) is 0 Å². The van der Waals surface area contributed by atoms with Gasteiger partial charge >= 0.3 is 11.9 Å². The van der Waals surface area contributed by atoms with E-state index in [-0.39, 0.29) is 19.5 Å². The van der Waals surface area contributed by atoms with Gasteiger partial charge < -0.3 is 14.7 Å². The van der Waals surface area contributed by atoms with Crippen molar-refractivity contribution in [1.29, 1.82) is 0 Å². The summed E-state index contributed by atoms with van der Waals surface area (Å²) in [6.07, 6.45) is -0.320. The van der Waals surface area contributed by atoms with Gasteiger partial charge in [0.15, 0.2) is 0 Å². The monoisotopic (exact) mass is 219 g/mol. The number of carboxylic acid groups (broad SMARTS) is 1. The second kappa shape index (κ2) is 4.14. The second-order valence-corrected chi connectivity index (χ2v) is 3.89. The van der Waals surface area contributed by atoms with Crippen LogP contribution in [-0.4, -0.2) is 54.9 Å². The SMILES string of the molecule is COC(=O)[C@]1(F)C[C@@H](C(=O)O)CN(C)C1. The van der Waals surface area contributed by atoms with E-state index in [0.717, 1.165) is 7.11 Å². The summed E-state index contributed by atoms with van der Waals surface area (Å²) in [5.74, 6) is -2.96. The van der Waals surface area contributed by atoms with Crippen molar-refractivity contribution in [3.8, 4) is 0 Å². The lowest BCUT2D eigenvalue weighted by molar-refractivity contribution is -0.163. The molecule has 0 saturated carbocycles.